The van der Waals surface area contributed by atoms with Crippen LogP contribution in [0.15, 0.2) is 67.0 Å². The van der Waals surface area contributed by atoms with Crippen molar-refractivity contribution < 1.29 is 47.3 Å². The highest BCUT2D eigenvalue weighted by molar-refractivity contribution is 5.93. The molecule has 5 aliphatic heterocycles. The number of benzene rings is 3. The van der Waals surface area contributed by atoms with Crippen molar-refractivity contribution in [2.24, 2.45) is 17.8 Å². The molecule has 6 aliphatic rings. The van der Waals surface area contributed by atoms with Crippen LogP contribution in [0.1, 0.15) is 114 Å². The fourth-order valence-corrected chi connectivity index (χ4v) is 12.8. The van der Waals surface area contributed by atoms with Gasteiger partial charge in [-0.25, -0.2) is 23.9 Å². The van der Waals surface area contributed by atoms with E-state index in [1.54, 1.807) is 17.3 Å². The maximum atomic E-state index is 17.1. The molecule has 0 radical (unpaired) electrons. The Morgan fingerprint density at radius 2 is 1.54 bits per heavy atom. The van der Waals surface area contributed by atoms with Crippen LogP contribution in [0, 0.1) is 23.6 Å². The first-order valence-electron chi connectivity index (χ1n) is 26.7. The lowest BCUT2D eigenvalue weighted by atomic mass is 9.85. The number of aryl methyl sites for hydroxylation is 1. The van der Waals surface area contributed by atoms with E-state index in [0.717, 1.165) is 71.1 Å². The van der Waals surface area contributed by atoms with Gasteiger partial charge in [-0.2, -0.15) is 0 Å². The van der Waals surface area contributed by atoms with E-state index in [2.05, 4.69) is 37.3 Å². The van der Waals surface area contributed by atoms with E-state index >= 15 is 4.39 Å². The largest absolute Gasteiger partial charge is 0.493 e. The fourth-order valence-electron chi connectivity index (χ4n) is 12.8. The van der Waals surface area contributed by atoms with Crippen LogP contribution in [-0.4, -0.2) is 116 Å². The molecular formula is C57H64FN9O9. The first kappa shape index (κ1) is 49.5. The van der Waals surface area contributed by atoms with Crippen LogP contribution in [0.3, 0.4) is 0 Å². The topological polar surface area (TPSA) is 207 Å². The molecule has 10 atom stereocenters. The number of ether oxygens (including phenoxy) is 5. The van der Waals surface area contributed by atoms with Crippen molar-refractivity contribution in [2.45, 2.75) is 128 Å². The van der Waals surface area contributed by atoms with Crippen LogP contribution in [0.2, 0.25) is 0 Å². The minimum atomic E-state index is -0.781. The molecule has 3 saturated heterocycles. The Bertz CT molecular complexity index is 3250. The number of carbonyl (C=O) groups is 4. The van der Waals surface area contributed by atoms with E-state index in [9.17, 15) is 19.2 Å². The summed E-state index contributed by atoms with van der Waals surface area (Å²) in [5, 5.41) is 6.46. The quantitative estimate of drug-likeness (QED) is 0.0962. The highest BCUT2D eigenvalue weighted by atomic mass is 19.1. The first-order valence-corrected chi connectivity index (χ1v) is 26.7. The molecule has 76 heavy (non-hydrogen) atoms. The summed E-state index contributed by atoms with van der Waals surface area (Å²) >= 11 is 0. The molecule has 1 aliphatic carbocycles. The maximum Gasteiger partial charge on any atom is 0.407 e. The Kier molecular flexibility index (Phi) is 12.8. The van der Waals surface area contributed by atoms with Gasteiger partial charge in [-0.15, -0.1) is 0 Å². The summed E-state index contributed by atoms with van der Waals surface area (Å²) in [6.07, 6.45) is 7.51. The van der Waals surface area contributed by atoms with Crippen LogP contribution in [0.25, 0.3) is 44.7 Å². The molecular weight excluding hydrogens is 974 g/mol. The number of fused-ring (bicyclic) bond motifs is 7. The van der Waals surface area contributed by atoms with Crippen molar-refractivity contribution in [1.29, 1.82) is 0 Å². The monoisotopic (exact) mass is 1040 g/mol. The van der Waals surface area contributed by atoms with Gasteiger partial charge in [0.05, 0.1) is 85.7 Å². The van der Waals surface area contributed by atoms with Crippen LogP contribution in [-0.2, 0) is 30.2 Å². The van der Waals surface area contributed by atoms with Crippen molar-refractivity contribution in [2.75, 3.05) is 27.4 Å². The molecule has 4 fully saturated rings. The third-order valence-electron chi connectivity index (χ3n) is 16.5. The van der Waals surface area contributed by atoms with Gasteiger partial charge >= 0.3 is 12.2 Å². The average molecular weight is 1040 g/mol. The molecule has 19 heteroatoms. The number of aromatic amines is 2. The van der Waals surface area contributed by atoms with Crippen LogP contribution in [0.5, 0.6) is 11.5 Å². The number of aromatic nitrogens is 5. The SMILES string of the molecule is COC(=O)NC(C(=O)N1CCC[C@H]1c1ncc(-c2cc(F)c3c(c2)OC(c2ccc4c(c2)CCCO4)n2c-3cc3cc(-c4cnc([C@@H]5C[C@H]6C[C@H]6N5C(=O)C(NC(=O)OC)C5C[C@@H](C)O[C@@H](C)C5)[nH]4)ccc32)[nH]1)C(C)C. The number of amides is 4. The fraction of sp³-hybridized carbons (Fsp3) is 0.474. The Balaban J connectivity index is 0.863. The van der Waals surface area contributed by atoms with Crippen molar-refractivity contribution in [3.8, 4) is 45.3 Å². The molecule has 3 aromatic carbocycles. The third kappa shape index (κ3) is 8.88. The van der Waals surface area contributed by atoms with Crippen molar-refractivity contribution in [3.05, 3.63) is 95.6 Å². The zero-order chi connectivity index (χ0) is 52.7. The molecule has 4 amide bonds. The number of hydrogen-bond donors (Lipinski definition) is 4. The normalized spacial score (nSPS) is 25.1. The lowest BCUT2D eigenvalue weighted by molar-refractivity contribution is -0.140. The maximum absolute atomic E-state index is 17.1. The number of likely N-dealkylation sites (tertiary alicyclic amines) is 2. The number of nitrogens with one attached hydrogen (secondary N) is 4. The summed E-state index contributed by atoms with van der Waals surface area (Å²) in [5.74, 6) is 1.69. The Morgan fingerprint density at radius 1 is 0.803 bits per heavy atom. The van der Waals surface area contributed by atoms with Gasteiger partial charge < -0.3 is 58.7 Å². The molecule has 3 aromatic heterocycles. The molecule has 6 aromatic rings. The minimum Gasteiger partial charge on any atom is -0.493 e. The van der Waals surface area contributed by atoms with Gasteiger partial charge in [0.1, 0.15) is 41.0 Å². The van der Waals surface area contributed by atoms with Gasteiger partial charge in [0.15, 0.2) is 0 Å². The minimum absolute atomic E-state index is 0.0525. The molecule has 12 rings (SSSR count). The summed E-state index contributed by atoms with van der Waals surface area (Å²) < 4.78 is 48.0. The lowest BCUT2D eigenvalue weighted by Crippen LogP contribution is -2.55. The summed E-state index contributed by atoms with van der Waals surface area (Å²) in [6, 6.07) is 15.4. The van der Waals surface area contributed by atoms with Gasteiger partial charge in [-0.3, -0.25) is 9.59 Å². The first-order chi connectivity index (χ1) is 36.7. The number of rotatable bonds is 11. The Morgan fingerprint density at radius 3 is 2.29 bits per heavy atom. The number of hydrogen-bond acceptors (Lipinski definition) is 11. The number of piperidine rings is 1. The molecule has 0 bridgehead atoms. The summed E-state index contributed by atoms with van der Waals surface area (Å²) in [5.41, 5.74) is 6.51. The van der Waals surface area contributed by atoms with E-state index in [0.29, 0.717) is 78.2 Å². The molecule has 4 N–H and O–H groups in total. The van der Waals surface area contributed by atoms with Gasteiger partial charge in [0, 0.05) is 34.7 Å². The number of methoxy groups -OCH3 is 2. The highest BCUT2D eigenvalue weighted by Crippen LogP contribution is 2.54. The number of H-pyrrole nitrogens is 2. The van der Waals surface area contributed by atoms with Crippen LogP contribution >= 0.6 is 0 Å². The van der Waals surface area contributed by atoms with E-state index in [4.69, 9.17) is 33.7 Å². The number of imidazole rings is 2. The van der Waals surface area contributed by atoms with Crippen molar-refractivity contribution >= 4 is 34.9 Å². The lowest BCUT2D eigenvalue weighted by Gasteiger charge is -2.38. The second-order valence-corrected chi connectivity index (χ2v) is 21.9. The second-order valence-electron chi connectivity index (χ2n) is 21.9. The van der Waals surface area contributed by atoms with E-state index in [1.165, 1.54) is 20.3 Å². The smallest absolute Gasteiger partial charge is 0.407 e. The molecule has 18 nitrogen and oxygen atoms in total. The second kappa shape index (κ2) is 19.6. The standard InChI is InChI=1S/C57H64FN9O9/c1-28(2)49(63-56(70)72-5)53(68)65-15-7-10-42(65)51-59-27-40(62-51)34-21-38(58)48-44-23-35-19-31(11-13-41(35)67(44)55(76-47(48)25-34)33-12-14-46-32(20-33)9-8-16-74-46)39-26-60-52(61-39)45-24-36-22-43(36)66(45)54(69)50(64-57(71)73-6)37-17-29(3)75-30(4)18-37/h11-14,19-21,23,25-30,36-37,42-43,45,49-50,55H,7-10,15-18,22,24H2,1-6H3,(H,59,62)(H,60,61)(H,63,70)(H,64,71)/t29-,30+,36-,37?,42+,43-,45+,49?,50?,55?/m1/s1. The highest BCUT2D eigenvalue weighted by Gasteiger charge is 2.57. The predicted octanol–water partition coefficient (Wildman–Crippen LogP) is 9.13. The molecule has 4 unspecified atom stereocenters. The Hall–Kier alpha value is -7.41. The van der Waals surface area contributed by atoms with Crippen molar-refractivity contribution in [3.63, 3.8) is 0 Å². The molecule has 1 saturated carbocycles. The number of nitrogens with zero attached hydrogens (tertiary/aromatic N) is 5. The van der Waals surface area contributed by atoms with E-state index in [1.807, 2.05) is 69.0 Å². The third-order valence-corrected chi connectivity index (χ3v) is 16.5. The average Bonchev–Trinajstić information content (AvgIpc) is 4.30. The van der Waals surface area contributed by atoms with Crippen LogP contribution in [0.4, 0.5) is 14.0 Å². The Labute approximate surface area is 439 Å². The summed E-state index contributed by atoms with van der Waals surface area (Å²) in [7, 11) is 2.58. The predicted molar refractivity (Wildman–Crippen MR) is 278 cm³/mol. The van der Waals surface area contributed by atoms with Crippen LogP contribution < -0.4 is 20.1 Å². The van der Waals surface area contributed by atoms with E-state index < -0.39 is 36.3 Å². The van der Waals surface area contributed by atoms with Gasteiger partial charge in [-0.1, -0.05) is 19.9 Å². The zero-order valence-electron chi connectivity index (χ0n) is 43.6. The van der Waals surface area contributed by atoms with Gasteiger partial charge in [0.25, 0.3) is 0 Å². The number of alkyl carbamates (subject to hydrolysis) is 2. The zero-order valence-corrected chi connectivity index (χ0v) is 43.6. The molecule has 8 heterocycles. The number of halogens is 1. The van der Waals surface area contributed by atoms with E-state index in [-0.39, 0.29) is 54.0 Å². The molecule has 398 valence electrons. The van der Waals surface area contributed by atoms with Gasteiger partial charge in [-0.05, 0) is 137 Å². The summed E-state index contributed by atoms with van der Waals surface area (Å²) in [6.45, 7) is 8.91. The number of carbonyl (C=O) groups excluding carboxylic acids is 4. The van der Waals surface area contributed by atoms with Gasteiger partial charge in [0.2, 0.25) is 18.0 Å². The molecule has 0 spiro atoms. The summed E-state index contributed by atoms with van der Waals surface area (Å²) in [4.78, 5) is 73.8. The van der Waals surface area contributed by atoms with Crippen molar-refractivity contribution in [1.82, 2.24) is 44.9 Å².